The van der Waals surface area contributed by atoms with E-state index in [1.807, 2.05) is 83.1 Å². The number of halogens is 6. The summed E-state index contributed by atoms with van der Waals surface area (Å²) in [7, 11) is 1.90. The third kappa shape index (κ3) is 20.1. The molecule has 0 amide bonds. The van der Waals surface area contributed by atoms with Gasteiger partial charge in [-0.05, 0) is 148 Å². The summed E-state index contributed by atoms with van der Waals surface area (Å²) in [4.78, 5) is 78.7. The highest BCUT2D eigenvalue weighted by molar-refractivity contribution is 14.1. The lowest BCUT2D eigenvalue weighted by Gasteiger charge is -2.32. The van der Waals surface area contributed by atoms with E-state index in [2.05, 4.69) is 92.6 Å². The Kier molecular flexibility index (Phi) is 27.7. The van der Waals surface area contributed by atoms with E-state index >= 15 is 0 Å². The molecule has 6 aliphatic rings. The summed E-state index contributed by atoms with van der Waals surface area (Å²) >= 11 is 5.53. The molecular weight excluding hydrogens is 1640 g/mol. The number of nitrogens with two attached hydrogens (primary N) is 4. The highest BCUT2D eigenvalue weighted by atomic mass is 127. The molecule has 38 heteroatoms. The Morgan fingerprint density at radius 2 is 0.714 bits per heavy atom. The third-order valence-electron chi connectivity index (χ3n) is 19.6. The predicted octanol–water partition coefficient (Wildman–Crippen LogP) is 10.9. The fourth-order valence-corrected chi connectivity index (χ4v) is 11.4. The summed E-state index contributed by atoms with van der Waals surface area (Å²) in [6.45, 7) is 28.2. The number of carboxylic acids is 1. The van der Waals surface area contributed by atoms with Gasteiger partial charge in [0.15, 0.2) is 0 Å². The predicted molar refractivity (Wildman–Crippen MR) is 420 cm³/mol. The molecule has 6 aliphatic heterocycles. The molecule has 14 rings (SSSR count). The van der Waals surface area contributed by atoms with E-state index in [-0.39, 0.29) is 79.9 Å². The van der Waals surface area contributed by atoms with Gasteiger partial charge in [0.05, 0.1) is 156 Å². The van der Waals surface area contributed by atoms with Gasteiger partial charge in [0.25, 0.3) is 0 Å². The van der Waals surface area contributed by atoms with Crippen molar-refractivity contribution in [1.82, 2.24) is 39.9 Å². The van der Waals surface area contributed by atoms with Crippen LogP contribution in [0.2, 0.25) is 0 Å². The lowest BCUT2D eigenvalue weighted by molar-refractivity contribution is 0.00578. The number of hydrogen-bond acceptors (Lipinski definition) is 28. The van der Waals surface area contributed by atoms with E-state index < -0.39 is 85.0 Å². The number of esters is 3. The zero-order valence-electron chi connectivity index (χ0n) is 64.1. The Bertz CT molecular complexity index is 4720. The van der Waals surface area contributed by atoms with Gasteiger partial charge in [-0.15, -0.1) is 0 Å². The number of anilines is 4. The van der Waals surface area contributed by atoms with Crippen molar-refractivity contribution in [1.29, 1.82) is 0 Å². The zero-order chi connectivity index (χ0) is 82.3. The van der Waals surface area contributed by atoms with Crippen LogP contribution >= 0.6 is 38.5 Å². The lowest BCUT2D eigenvalue weighted by Crippen LogP contribution is -2.41. The normalized spacial score (nSPS) is 17.9. The highest BCUT2D eigenvalue weighted by Crippen LogP contribution is 2.44. The molecule has 4 aromatic heterocycles. The SMILES string of the molecule is CC1(C)OB(B2OC(C)(C)C(C)(C)O2)OC1(C)C.COC(=O)c1ccc(-c2nc(B3OC(C)(C)C(C)(C)O3)cnc2N)cc1F.COC(=O)c1ccc(-c2nc(Br)cnc2N)cc1F.COC(=O)c1ccc(-c2nc(C3COC3)cnc2N)cc1F.IC1COC1.Nc1ncc(C2COC2)nc1-c1ccc(C(=O)O)c(F)c1. The highest BCUT2D eigenvalue weighted by Gasteiger charge is 2.64. The molecule has 0 radical (unpaired) electrons. The van der Waals surface area contributed by atoms with Gasteiger partial charge in [-0.25, -0.2) is 71.6 Å². The van der Waals surface area contributed by atoms with Crippen LogP contribution in [0.4, 0.5) is 40.8 Å². The number of nitrogen functional groups attached to an aromatic ring is 4. The van der Waals surface area contributed by atoms with Crippen molar-refractivity contribution < 1.29 is 98.2 Å². The largest absolute Gasteiger partial charge is 0.516 e. The fraction of sp³-hybridized carbons (Fsp3) is 0.405. The topological polar surface area (TPSA) is 406 Å². The molecule has 4 aromatic carbocycles. The molecule has 112 heavy (non-hydrogen) atoms. The quantitative estimate of drug-likeness (QED) is 0.0189. The van der Waals surface area contributed by atoms with Gasteiger partial charge in [-0.1, -0.05) is 46.9 Å². The molecule has 6 fully saturated rings. The second kappa shape index (κ2) is 35.6. The van der Waals surface area contributed by atoms with Crippen molar-refractivity contribution in [3.05, 3.63) is 159 Å². The standard InChI is InChI=1S/C18H21BFN3O4.C15H14FN3O3.C14H12FN3O3.C12H24B2O4.C12H9BrFN3O2.C3H5IO/c1-17(2)18(3,4)27-19(26-17)13-9-22-15(21)14(23-13)10-6-7-11(12(20)8-10)16(24)25-5;1-21-15(20)10-3-2-8(4-11(10)16)13-14(17)18-5-12(19-13)9-6-22-7-9;15-10-3-7(1-2-9(10)14(19)20)12-13(16)17-4-11(18-12)8-5-21-6-8;1-9(2)10(3,4)16-13(15-9)14-17-11(5,6)12(7,8)18-14;1-19-12(18)7-3-2-6(4-8(7)14)10-11(15)16-5-9(13)17-10;4-3-1-5-2-3/h6-9H,1-5H3,(H2,21,22);2-5,9H,6-7H2,1H3,(H2,17,18);1-4,8H,5-6H2,(H2,16,17)(H,19,20);1-8H3;2-5H,1H3,(H2,15,16);3H,1-2H2. The second-order valence-corrected chi connectivity index (χ2v) is 31.6. The van der Waals surface area contributed by atoms with Gasteiger partial charge in [0.2, 0.25) is 0 Å². The van der Waals surface area contributed by atoms with Gasteiger partial charge >= 0.3 is 45.0 Å². The summed E-state index contributed by atoms with van der Waals surface area (Å²) in [6.07, 6.45) is 6.09. The maximum Gasteiger partial charge on any atom is 0.516 e. The Hall–Kier alpha value is -8.96. The van der Waals surface area contributed by atoms with Crippen molar-refractivity contribution in [2.24, 2.45) is 0 Å². The first-order chi connectivity index (χ1) is 52.5. The molecule has 0 bridgehead atoms. The number of ether oxygens (including phenoxy) is 6. The minimum Gasteiger partial charge on any atom is -0.478 e. The number of nitrogens with zero attached hydrogens (tertiary/aromatic N) is 8. The molecule has 0 unspecified atom stereocenters. The van der Waals surface area contributed by atoms with Crippen molar-refractivity contribution in [2.45, 2.75) is 132 Å². The smallest absolute Gasteiger partial charge is 0.478 e. The Balaban J connectivity index is 0.000000159. The maximum absolute atomic E-state index is 14.3. The van der Waals surface area contributed by atoms with E-state index in [4.69, 9.17) is 70.2 Å². The van der Waals surface area contributed by atoms with E-state index in [9.17, 15) is 36.7 Å². The summed E-state index contributed by atoms with van der Waals surface area (Å²) in [6, 6.07) is 15.9. The molecule has 0 spiro atoms. The Morgan fingerprint density at radius 1 is 0.438 bits per heavy atom. The first kappa shape index (κ1) is 87.0. The molecule has 10 heterocycles. The van der Waals surface area contributed by atoms with Crippen LogP contribution in [0.3, 0.4) is 0 Å². The van der Waals surface area contributed by atoms with Crippen molar-refractivity contribution >= 4 is 112 Å². The number of aromatic nitrogens is 8. The number of hydrogen-bond donors (Lipinski definition) is 5. The van der Waals surface area contributed by atoms with Gasteiger partial charge < -0.3 is 84.4 Å². The number of rotatable bonds is 12. The van der Waals surface area contributed by atoms with Gasteiger partial charge in [-0.2, -0.15) is 0 Å². The summed E-state index contributed by atoms with van der Waals surface area (Å²) in [5, 5.41) is 8.83. The third-order valence-corrected chi connectivity index (χ3v) is 20.7. The fourth-order valence-electron chi connectivity index (χ4n) is 10.6. The second-order valence-electron chi connectivity index (χ2n) is 29.0. The van der Waals surface area contributed by atoms with E-state index in [0.717, 1.165) is 34.6 Å². The maximum atomic E-state index is 14.3. The number of benzene rings is 4. The lowest BCUT2D eigenvalue weighted by atomic mass is 9.49. The first-order valence-electron chi connectivity index (χ1n) is 34.8. The summed E-state index contributed by atoms with van der Waals surface area (Å²) in [5.41, 5.74) is 24.8. The van der Waals surface area contributed by atoms with E-state index in [1.165, 1.54) is 94.4 Å². The summed E-state index contributed by atoms with van der Waals surface area (Å²) in [5.74, 6) is -5.49. The molecule has 594 valence electrons. The minimum absolute atomic E-state index is 0.125. The molecule has 9 N–H and O–H groups in total. The van der Waals surface area contributed by atoms with E-state index in [1.54, 1.807) is 18.5 Å². The average molecular weight is 1730 g/mol. The first-order valence-corrected chi connectivity index (χ1v) is 36.8. The zero-order valence-corrected chi connectivity index (χ0v) is 67.8. The van der Waals surface area contributed by atoms with Crippen LogP contribution in [0.5, 0.6) is 0 Å². The minimum atomic E-state index is -1.32. The van der Waals surface area contributed by atoms with Crippen LogP contribution in [0.25, 0.3) is 45.0 Å². The average Bonchev–Trinajstić information content (AvgIpc) is 1.59. The molecular formula is C74H85B3BrF4IN12O17. The van der Waals surface area contributed by atoms with Gasteiger partial charge in [0.1, 0.15) is 73.9 Å². The number of carboxylic acid groups (broad SMARTS) is 1. The van der Waals surface area contributed by atoms with Crippen molar-refractivity contribution in [3.63, 3.8) is 0 Å². The number of carbonyl (C=O) groups is 4. The van der Waals surface area contributed by atoms with Crippen LogP contribution in [0, 0.1) is 23.3 Å². The molecule has 0 atom stereocenters. The Morgan fingerprint density at radius 3 is 0.991 bits per heavy atom. The number of carbonyl (C=O) groups excluding carboxylic acids is 3. The number of methoxy groups -OCH3 is 3. The van der Waals surface area contributed by atoms with Crippen molar-refractivity contribution in [3.8, 4) is 45.0 Å². The molecule has 8 aromatic rings. The molecule has 0 aliphatic carbocycles. The molecule has 6 saturated heterocycles. The van der Waals surface area contributed by atoms with Crippen LogP contribution in [0.1, 0.15) is 148 Å². The van der Waals surface area contributed by atoms with Crippen molar-refractivity contribution in [2.75, 3.05) is 83.9 Å². The van der Waals surface area contributed by atoms with E-state index in [0.29, 0.717) is 76.0 Å². The van der Waals surface area contributed by atoms with Crippen LogP contribution in [0.15, 0.2) is 102 Å². The summed E-state index contributed by atoms with van der Waals surface area (Å²) < 4.78 is 122. The Labute approximate surface area is 667 Å². The monoisotopic (exact) mass is 1730 g/mol. The van der Waals surface area contributed by atoms with Crippen LogP contribution in [-0.4, -0.2) is 188 Å². The van der Waals surface area contributed by atoms with Gasteiger partial charge in [-0.3, -0.25) is 4.98 Å². The molecule has 29 nitrogen and oxygen atoms in total. The molecule has 0 saturated carbocycles. The van der Waals surface area contributed by atoms with Crippen LogP contribution < -0.4 is 28.5 Å². The number of alkyl halides is 1. The number of aromatic carboxylic acids is 1. The van der Waals surface area contributed by atoms with Gasteiger partial charge in [0, 0.05) is 40.3 Å². The van der Waals surface area contributed by atoms with Crippen LogP contribution in [-0.2, 0) is 56.3 Å².